The third-order valence-corrected chi connectivity index (χ3v) is 7.00. The number of likely N-dealkylation sites (tertiary alicyclic amines) is 1. The molecule has 4 aliphatic heterocycles. The van der Waals surface area contributed by atoms with Gasteiger partial charge in [-0.3, -0.25) is 9.59 Å². The van der Waals surface area contributed by atoms with Crippen LogP contribution in [-0.2, 0) is 20.9 Å². The highest BCUT2D eigenvalue weighted by Crippen LogP contribution is 2.52. The molecule has 5 rings (SSSR count). The van der Waals surface area contributed by atoms with E-state index in [1.807, 2.05) is 46.2 Å². The van der Waals surface area contributed by atoms with E-state index < -0.39 is 17.4 Å². The molecule has 2 bridgehead atoms. The van der Waals surface area contributed by atoms with Crippen molar-refractivity contribution in [3.8, 4) is 5.75 Å². The first kappa shape index (κ1) is 19.6. The number of hydrogen-bond acceptors (Lipinski definition) is 5. The van der Waals surface area contributed by atoms with Crippen molar-refractivity contribution in [1.29, 1.82) is 0 Å². The summed E-state index contributed by atoms with van der Waals surface area (Å²) in [6.45, 7) is 4.31. The summed E-state index contributed by atoms with van der Waals surface area (Å²) < 4.78 is 11.6. The van der Waals surface area contributed by atoms with Crippen molar-refractivity contribution in [1.82, 2.24) is 14.7 Å². The van der Waals surface area contributed by atoms with Crippen LogP contribution in [0, 0.1) is 11.8 Å². The summed E-state index contributed by atoms with van der Waals surface area (Å²) >= 11 is 0. The molecule has 0 unspecified atom stereocenters. The first-order valence-corrected chi connectivity index (χ1v) is 10.8. The first-order valence-electron chi connectivity index (χ1n) is 10.8. The summed E-state index contributed by atoms with van der Waals surface area (Å²) in [7, 11) is 3.72. The predicted molar refractivity (Wildman–Crippen MR) is 111 cm³/mol. The first-order chi connectivity index (χ1) is 14.5. The van der Waals surface area contributed by atoms with E-state index in [2.05, 4.69) is 11.9 Å². The van der Waals surface area contributed by atoms with Crippen LogP contribution in [0.3, 0.4) is 0 Å². The number of rotatable bonds is 4. The molecule has 1 aromatic carbocycles. The van der Waals surface area contributed by atoms with Gasteiger partial charge < -0.3 is 24.2 Å². The zero-order valence-electron chi connectivity index (χ0n) is 17.6. The summed E-state index contributed by atoms with van der Waals surface area (Å²) in [4.78, 5) is 33.0. The molecule has 7 nitrogen and oxygen atoms in total. The highest BCUT2D eigenvalue weighted by atomic mass is 16.5. The number of fused-ring (bicyclic) bond motifs is 1. The molecular formula is C23H29N3O4. The second kappa shape index (κ2) is 7.39. The van der Waals surface area contributed by atoms with Gasteiger partial charge in [-0.05, 0) is 37.7 Å². The lowest BCUT2D eigenvalue weighted by molar-refractivity contribution is -0.143. The topological polar surface area (TPSA) is 62.3 Å². The molecule has 160 valence electrons. The monoisotopic (exact) mass is 411 g/mol. The van der Waals surface area contributed by atoms with Gasteiger partial charge in [0.1, 0.15) is 11.4 Å². The molecule has 1 spiro atoms. The lowest BCUT2D eigenvalue weighted by Gasteiger charge is -2.29. The van der Waals surface area contributed by atoms with Crippen LogP contribution in [-0.4, -0.2) is 85.1 Å². The largest absolute Gasteiger partial charge is 0.497 e. The molecule has 0 aromatic heterocycles. The number of nitrogens with zero attached hydrogens (tertiary/aromatic N) is 3. The average Bonchev–Trinajstić information content (AvgIpc) is 3.32. The van der Waals surface area contributed by atoms with E-state index >= 15 is 0 Å². The van der Waals surface area contributed by atoms with Gasteiger partial charge in [0.05, 0.1) is 31.6 Å². The number of amides is 2. The summed E-state index contributed by atoms with van der Waals surface area (Å²) in [5, 5.41) is 0. The van der Waals surface area contributed by atoms with E-state index in [-0.39, 0.29) is 17.9 Å². The van der Waals surface area contributed by atoms with E-state index in [4.69, 9.17) is 9.47 Å². The Bertz CT molecular complexity index is 887. The van der Waals surface area contributed by atoms with Gasteiger partial charge in [-0.2, -0.15) is 0 Å². The lowest BCUT2D eigenvalue weighted by Crippen LogP contribution is -2.47. The molecule has 0 aliphatic carbocycles. The van der Waals surface area contributed by atoms with Gasteiger partial charge in [-0.25, -0.2) is 0 Å². The normalized spacial score (nSPS) is 33.1. The van der Waals surface area contributed by atoms with Gasteiger partial charge in [0.25, 0.3) is 0 Å². The Kier molecular flexibility index (Phi) is 4.82. The Morgan fingerprint density at radius 1 is 1.27 bits per heavy atom. The molecule has 0 radical (unpaired) electrons. The molecule has 3 fully saturated rings. The molecule has 0 saturated carbocycles. The van der Waals surface area contributed by atoms with Gasteiger partial charge >= 0.3 is 0 Å². The third-order valence-electron chi connectivity index (χ3n) is 7.00. The number of carbonyl (C=O) groups is 2. The highest BCUT2D eigenvalue weighted by molar-refractivity contribution is 5.93. The average molecular weight is 412 g/mol. The van der Waals surface area contributed by atoms with Gasteiger partial charge in [-0.1, -0.05) is 24.3 Å². The summed E-state index contributed by atoms with van der Waals surface area (Å²) in [5.74, 6) is 0.0274. The lowest BCUT2D eigenvalue weighted by atomic mass is 9.76. The van der Waals surface area contributed by atoms with Crippen LogP contribution in [0.5, 0.6) is 5.75 Å². The summed E-state index contributed by atoms with van der Waals surface area (Å²) in [6.07, 6.45) is 4.69. The van der Waals surface area contributed by atoms with Crippen molar-refractivity contribution in [3.05, 3.63) is 42.0 Å². The Labute approximate surface area is 177 Å². The Morgan fingerprint density at radius 2 is 2.13 bits per heavy atom. The number of likely N-dealkylation sites (N-methyl/N-ethyl adjacent to an activating group) is 1. The van der Waals surface area contributed by atoms with E-state index in [9.17, 15) is 9.59 Å². The second-order valence-electron chi connectivity index (χ2n) is 8.93. The number of methoxy groups -OCH3 is 1. The second-order valence-corrected chi connectivity index (χ2v) is 8.93. The van der Waals surface area contributed by atoms with E-state index in [1.165, 1.54) is 0 Å². The van der Waals surface area contributed by atoms with Gasteiger partial charge in [-0.15, -0.1) is 0 Å². The maximum atomic E-state index is 13.5. The standard InChI is InChI=1S/C23H29N3O4/c1-24-9-4-10-25(12-11-24)21(27)19-18-7-8-23(30-18)15-26(22(28)20(19)23)14-16-5-3-6-17(13-16)29-2/h3,5-8,13,18-20H,4,9-12,14-15H2,1-2H3/t18-,19-,20+,23-/m0/s1. The van der Waals surface area contributed by atoms with Crippen LogP contribution < -0.4 is 4.74 Å². The molecule has 4 aliphatic rings. The fraction of sp³-hybridized carbons (Fsp3) is 0.565. The smallest absolute Gasteiger partial charge is 0.230 e. The highest BCUT2D eigenvalue weighted by Gasteiger charge is 2.67. The number of hydrogen-bond donors (Lipinski definition) is 0. The van der Waals surface area contributed by atoms with Gasteiger partial charge in [0, 0.05) is 26.2 Å². The minimum absolute atomic E-state index is 0.0231. The molecule has 1 aromatic rings. The maximum absolute atomic E-state index is 13.5. The predicted octanol–water partition coefficient (Wildman–Crippen LogP) is 1.14. The molecule has 2 amide bonds. The molecule has 0 N–H and O–H groups in total. The summed E-state index contributed by atoms with van der Waals surface area (Å²) in [6, 6.07) is 7.76. The van der Waals surface area contributed by atoms with Crippen LogP contribution >= 0.6 is 0 Å². The summed E-state index contributed by atoms with van der Waals surface area (Å²) in [5.41, 5.74) is 0.347. The van der Waals surface area contributed by atoms with Crippen molar-refractivity contribution in [2.24, 2.45) is 11.8 Å². The molecule has 4 heterocycles. The fourth-order valence-corrected chi connectivity index (χ4v) is 5.46. The fourth-order valence-electron chi connectivity index (χ4n) is 5.46. The Morgan fingerprint density at radius 3 is 2.97 bits per heavy atom. The molecule has 3 saturated heterocycles. The Hall–Kier alpha value is -2.38. The molecule has 4 atom stereocenters. The Balaban J connectivity index is 1.36. The number of ether oxygens (including phenoxy) is 2. The minimum Gasteiger partial charge on any atom is -0.497 e. The van der Waals surface area contributed by atoms with E-state index in [0.29, 0.717) is 19.6 Å². The quantitative estimate of drug-likeness (QED) is 0.696. The van der Waals surface area contributed by atoms with Gasteiger partial charge in [0.2, 0.25) is 11.8 Å². The van der Waals surface area contributed by atoms with E-state index in [1.54, 1.807) is 7.11 Å². The molecule has 7 heteroatoms. The van der Waals surface area contributed by atoms with Crippen molar-refractivity contribution in [2.45, 2.75) is 24.7 Å². The number of carbonyl (C=O) groups excluding carboxylic acids is 2. The van der Waals surface area contributed by atoms with Crippen LogP contribution in [0.4, 0.5) is 0 Å². The van der Waals surface area contributed by atoms with E-state index in [0.717, 1.165) is 37.4 Å². The van der Waals surface area contributed by atoms with Crippen molar-refractivity contribution < 1.29 is 19.1 Å². The van der Waals surface area contributed by atoms with Crippen LogP contribution in [0.15, 0.2) is 36.4 Å². The zero-order valence-corrected chi connectivity index (χ0v) is 17.6. The van der Waals surface area contributed by atoms with Crippen molar-refractivity contribution in [2.75, 3.05) is 46.9 Å². The van der Waals surface area contributed by atoms with Gasteiger partial charge in [0.15, 0.2) is 0 Å². The zero-order chi connectivity index (χ0) is 20.9. The van der Waals surface area contributed by atoms with Crippen molar-refractivity contribution >= 4 is 11.8 Å². The maximum Gasteiger partial charge on any atom is 0.230 e. The van der Waals surface area contributed by atoms with Crippen LogP contribution in [0.1, 0.15) is 12.0 Å². The SMILES string of the molecule is COc1cccc(CN2C[C@]34C=C[C@H](O3)[C@H](C(=O)N3CCCN(C)CC3)[C@@H]4C2=O)c1. The third kappa shape index (κ3) is 3.11. The van der Waals surface area contributed by atoms with Crippen LogP contribution in [0.2, 0.25) is 0 Å². The molecular weight excluding hydrogens is 382 g/mol. The van der Waals surface area contributed by atoms with Crippen LogP contribution in [0.25, 0.3) is 0 Å². The van der Waals surface area contributed by atoms with Crippen molar-refractivity contribution in [3.63, 3.8) is 0 Å². The number of benzene rings is 1. The molecule has 30 heavy (non-hydrogen) atoms. The minimum atomic E-state index is -0.663.